The highest BCUT2D eigenvalue weighted by molar-refractivity contribution is 9.10. The van der Waals surface area contributed by atoms with E-state index in [9.17, 15) is 9.59 Å². The van der Waals surface area contributed by atoms with Crippen LogP contribution in [-0.2, 0) is 0 Å². The molecule has 0 bridgehead atoms. The van der Waals surface area contributed by atoms with Gasteiger partial charge in [0, 0.05) is 10.0 Å². The standard InChI is InChI=1S/C25H24BrN3O3S/c1-2-3-15-32-22-14-13-20(26)16-21(22)24(31)27-25(33)29-28-23(30)19-11-9-18(10-12-19)17-7-5-4-6-8-17/h4-14,16H,2-3,15H2,1H3,(H,28,30)(H2,27,29,31,33). The SMILES string of the molecule is CCCCOc1ccc(Br)cc1C(=O)NC(=S)NNC(=O)c1ccc(-c2ccccc2)cc1. The van der Waals surface area contributed by atoms with Gasteiger partial charge in [-0.25, -0.2) is 0 Å². The Bertz CT molecular complexity index is 1120. The molecule has 0 aliphatic carbocycles. The highest BCUT2D eigenvalue weighted by Crippen LogP contribution is 2.23. The number of hydrogen-bond acceptors (Lipinski definition) is 4. The van der Waals surface area contributed by atoms with Crippen LogP contribution in [0.3, 0.4) is 0 Å². The molecule has 0 fully saturated rings. The van der Waals surface area contributed by atoms with Crippen molar-refractivity contribution >= 4 is 45.1 Å². The van der Waals surface area contributed by atoms with Gasteiger partial charge in [0.1, 0.15) is 5.75 Å². The number of hydrazine groups is 1. The van der Waals surface area contributed by atoms with E-state index < -0.39 is 5.91 Å². The number of amides is 2. The summed E-state index contributed by atoms with van der Waals surface area (Å²) in [6.07, 6.45) is 1.87. The van der Waals surface area contributed by atoms with Crippen LogP contribution in [0.4, 0.5) is 0 Å². The first kappa shape index (κ1) is 24.4. The molecule has 6 nitrogen and oxygen atoms in total. The first-order chi connectivity index (χ1) is 16.0. The number of carbonyl (C=O) groups excluding carboxylic acids is 2. The Balaban J connectivity index is 1.55. The van der Waals surface area contributed by atoms with Crippen molar-refractivity contribution in [3.8, 4) is 16.9 Å². The number of hydrogen-bond donors (Lipinski definition) is 3. The van der Waals surface area contributed by atoms with Crippen LogP contribution < -0.4 is 20.9 Å². The van der Waals surface area contributed by atoms with Crippen LogP contribution in [0.15, 0.2) is 77.3 Å². The van der Waals surface area contributed by atoms with E-state index in [1.54, 1.807) is 30.3 Å². The minimum atomic E-state index is -0.443. The Morgan fingerprint density at radius 3 is 2.30 bits per heavy atom. The third-order valence-corrected chi connectivity index (χ3v) is 5.41. The minimum Gasteiger partial charge on any atom is -0.493 e. The second-order valence-electron chi connectivity index (χ2n) is 7.15. The Labute approximate surface area is 206 Å². The zero-order valence-corrected chi connectivity index (χ0v) is 20.5. The molecule has 0 aromatic heterocycles. The summed E-state index contributed by atoms with van der Waals surface area (Å²) in [7, 11) is 0. The Hall–Kier alpha value is -3.23. The van der Waals surface area contributed by atoms with Crippen molar-refractivity contribution < 1.29 is 14.3 Å². The summed E-state index contributed by atoms with van der Waals surface area (Å²) in [4.78, 5) is 25.1. The zero-order valence-electron chi connectivity index (χ0n) is 18.1. The number of ether oxygens (including phenoxy) is 1. The molecule has 3 N–H and O–H groups in total. The van der Waals surface area contributed by atoms with Gasteiger partial charge in [0.25, 0.3) is 11.8 Å². The van der Waals surface area contributed by atoms with E-state index >= 15 is 0 Å². The van der Waals surface area contributed by atoms with Crippen LogP contribution in [0.25, 0.3) is 11.1 Å². The molecule has 0 radical (unpaired) electrons. The summed E-state index contributed by atoms with van der Waals surface area (Å²) in [6.45, 7) is 2.58. The largest absolute Gasteiger partial charge is 0.493 e. The van der Waals surface area contributed by atoms with Gasteiger partial charge in [-0.2, -0.15) is 0 Å². The van der Waals surface area contributed by atoms with E-state index in [1.807, 2.05) is 42.5 Å². The van der Waals surface area contributed by atoms with Crippen LogP contribution >= 0.6 is 28.1 Å². The second-order valence-corrected chi connectivity index (χ2v) is 8.47. The van der Waals surface area contributed by atoms with E-state index in [1.165, 1.54) is 0 Å². The summed E-state index contributed by atoms with van der Waals surface area (Å²) in [6, 6.07) is 22.3. The molecule has 0 aliphatic rings. The average Bonchev–Trinajstić information content (AvgIpc) is 2.84. The third kappa shape index (κ3) is 7.13. The normalized spacial score (nSPS) is 10.2. The molecule has 3 aromatic carbocycles. The molecule has 0 saturated heterocycles. The van der Waals surface area contributed by atoms with E-state index in [-0.39, 0.29) is 11.0 Å². The predicted molar refractivity (Wildman–Crippen MR) is 137 cm³/mol. The molecule has 0 unspecified atom stereocenters. The number of benzene rings is 3. The maximum Gasteiger partial charge on any atom is 0.269 e. The molecule has 0 aliphatic heterocycles. The molecule has 8 heteroatoms. The number of halogens is 1. The molecule has 3 rings (SSSR count). The van der Waals surface area contributed by atoms with E-state index in [0.717, 1.165) is 28.4 Å². The number of unbranched alkanes of at least 4 members (excludes halogenated alkanes) is 1. The second kappa shape index (κ2) is 12.1. The van der Waals surface area contributed by atoms with Crippen molar-refractivity contribution in [2.24, 2.45) is 0 Å². The maximum absolute atomic E-state index is 12.7. The van der Waals surface area contributed by atoms with E-state index in [4.69, 9.17) is 17.0 Å². The number of nitrogens with one attached hydrogen (secondary N) is 3. The number of thiocarbonyl (C=S) groups is 1. The molecular formula is C25H24BrN3O3S. The van der Waals surface area contributed by atoms with Crippen molar-refractivity contribution in [1.82, 2.24) is 16.2 Å². The number of carbonyl (C=O) groups is 2. The summed E-state index contributed by atoms with van der Waals surface area (Å²) in [5, 5.41) is 2.52. The van der Waals surface area contributed by atoms with Crippen molar-refractivity contribution in [1.29, 1.82) is 0 Å². The molecule has 2 amide bonds. The topological polar surface area (TPSA) is 79.5 Å². The van der Waals surface area contributed by atoms with Crippen LogP contribution in [0.5, 0.6) is 5.75 Å². The van der Waals surface area contributed by atoms with Gasteiger partial charge in [0.2, 0.25) is 0 Å². The molecule has 0 spiro atoms. The average molecular weight is 526 g/mol. The lowest BCUT2D eigenvalue weighted by molar-refractivity contribution is 0.0933. The third-order valence-electron chi connectivity index (χ3n) is 4.71. The van der Waals surface area contributed by atoms with E-state index in [2.05, 4.69) is 39.0 Å². The lowest BCUT2D eigenvalue weighted by Crippen LogP contribution is -2.48. The fourth-order valence-corrected chi connectivity index (χ4v) is 3.47. The van der Waals surface area contributed by atoms with Gasteiger partial charge in [-0.1, -0.05) is 71.7 Å². The first-order valence-electron chi connectivity index (χ1n) is 10.5. The van der Waals surface area contributed by atoms with Gasteiger partial charge in [-0.3, -0.25) is 25.8 Å². The molecule has 33 heavy (non-hydrogen) atoms. The van der Waals surface area contributed by atoms with Crippen LogP contribution in [0.2, 0.25) is 0 Å². The molecule has 170 valence electrons. The monoisotopic (exact) mass is 525 g/mol. The fourth-order valence-electron chi connectivity index (χ4n) is 2.96. The Morgan fingerprint density at radius 2 is 1.61 bits per heavy atom. The molecule has 3 aromatic rings. The summed E-state index contributed by atoms with van der Waals surface area (Å²) < 4.78 is 6.46. The van der Waals surface area contributed by atoms with Crippen molar-refractivity contribution in [3.63, 3.8) is 0 Å². The molecular weight excluding hydrogens is 502 g/mol. The predicted octanol–water partition coefficient (Wildman–Crippen LogP) is 5.24. The fraction of sp³-hybridized carbons (Fsp3) is 0.160. The quantitative estimate of drug-likeness (QED) is 0.223. The first-order valence-corrected chi connectivity index (χ1v) is 11.7. The Morgan fingerprint density at radius 1 is 0.909 bits per heavy atom. The van der Waals surface area contributed by atoms with Crippen LogP contribution in [0, 0.1) is 0 Å². The van der Waals surface area contributed by atoms with Gasteiger partial charge in [0.15, 0.2) is 5.11 Å². The van der Waals surface area contributed by atoms with E-state index in [0.29, 0.717) is 23.5 Å². The van der Waals surface area contributed by atoms with Gasteiger partial charge in [-0.05, 0) is 60.1 Å². The lowest BCUT2D eigenvalue weighted by Gasteiger charge is -2.14. The smallest absolute Gasteiger partial charge is 0.269 e. The van der Waals surface area contributed by atoms with Gasteiger partial charge < -0.3 is 4.74 Å². The molecule has 0 saturated carbocycles. The zero-order chi connectivity index (χ0) is 23.6. The maximum atomic E-state index is 12.7. The summed E-state index contributed by atoms with van der Waals surface area (Å²) in [5.41, 5.74) is 7.93. The minimum absolute atomic E-state index is 0.0336. The lowest BCUT2D eigenvalue weighted by atomic mass is 10.0. The van der Waals surface area contributed by atoms with Crippen molar-refractivity contribution in [2.75, 3.05) is 6.61 Å². The van der Waals surface area contributed by atoms with Crippen molar-refractivity contribution in [3.05, 3.63) is 88.4 Å². The molecule has 0 heterocycles. The highest BCUT2D eigenvalue weighted by Gasteiger charge is 2.15. The Kier molecular flexibility index (Phi) is 8.97. The van der Waals surface area contributed by atoms with Gasteiger partial charge in [0.05, 0.1) is 12.2 Å². The van der Waals surface area contributed by atoms with Crippen molar-refractivity contribution in [2.45, 2.75) is 19.8 Å². The van der Waals surface area contributed by atoms with Gasteiger partial charge >= 0.3 is 0 Å². The van der Waals surface area contributed by atoms with Gasteiger partial charge in [-0.15, -0.1) is 0 Å². The van der Waals surface area contributed by atoms with Crippen LogP contribution in [0.1, 0.15) is 40.5 Å². The number of rotatable bonds is 7. The highest BCUT2D eigenvalue weighted by atomic mass is 79.9. The molecule has 0 atom stereocenters. The summed E-state index contributed by atoms with van der Waals surface area (Å²) >= 11 is 8.52. The van der Waals surface area contributed by atoms with Crippen LogP contribution in [-0.4, -0.2) is 23.5 Å². The summed E-state index contributed by atoms with van der Waals surface area (Å²) in [5.74, 6) is -0.353.